The summed E-state index contributed by atoms with van der Waals surface area (Å²) < 4.78 is 28.6. The van der Waals surface area contributed by atoms with Gasteiger partial charge < -0.3 is 11.1 Å². The van der Waals surface area contributed by atoms with Gasteiger partial charge in [0.05, 0.1) is 16.8 Å². The summed E-state index contributed by atoms with van der Waals surface area (Å²) in [5, 5.41) is 8.28. The monoisotopic (exact) mass is 392 g/mol. The number of halogens is 2. The Labute approximate surface area is 165 Å². The Kier molecular flexibility index (Phi) is 4.12. The van der Waals surface area contributed by atoms with Crippen LogP contribution in [0.25, 0.3) is 28.0 Å². The molecule has 4 aromatic rings. The Morgan fingerprint density at radius 3 is 2.55 bits per heavy atom. The van der Waals surface area contributed by atoms with Gasteiger partial charge in [-0.3, -0.25) is 0 Å². The molecule has 0 saturated heterocycles. The van der Waals surface area contributed by atoms with Crippen LogP contribution in [0.3, 0.4) is 0 Å². The van der Waals surface area contributed by atoms with Gasteiger partial charge in [-0.2, -0.15) is 4.98 Å². The number of nitrogens with zero attached hydrogens (tertiary/aromatic N) is 4. The van der Waals surface area contributed by atoms with E-state index in [1.54, 1.807) is 24.3 Å². The van der Waals surface area contributed by atoms with E-state index in [0.717, 1.165) is 6.54 Å². The molecule has 3 N–H and O–H groups in total. The molecule has 1 saturated carbocycles. The van der Waals surface area contributed by atoms with Crippen molar-refractivity contribution in [3.63, 3.8) is 0 Å². The molecular formula is C21H18F2N6. The minimum absolute atomic E-state index is 0.290. The number of fused-ring (bicyclic) bond motifs is 1. The number of aromatic nitrogens is 4. The molecular weight excluding hydrogens is 374 g/mol. The van der Waals surface area contributed by atoms with Crippen molar-refractivity contribution in [2.24, 2.45) is 5.92 Å². The van der Waals surface area contributed by atoms with Crippen LogP contribution in [0.2, 0.25) is 0 Å². The van der Waals surface area contributed by atoms with Crippen molar-refractivity contribution in [3.05, 3.63) is 60.2 Å². The predicted octanol–water partition coefficient (Wildman–Crippen LogP) is 4.16. The van der Waals surface area contributed by atoms with E-state index in [0.29, 0.717) is 45.7 Å². The average molecular weight is 392 g/mol. The van der Waals surface area contributed by atoms with Gasteiger partial charge in [0.1, 0.15) is 17.5 Å². The van der Waals surface area contributed by atoms with E-state index in [2.05, 4.69) is 20.4 Å². The molecule has 6 nitrogen and oxygen atoms in total. The zero-order valence-electron chi connectivity index (χ0n) is 15.4. The molecule has 0 atom stereocenters. The van der Waals surface area contributed by atoms with Crippen LogP contribution in [0, 0.1) is 17.6 Å². The highest BCUT2D eigenvalue weighted by Crippen LogP contribution is 2.34. The van der Waals surface area contributed by atoms with E-state index in [1.165, 1.54) is 41.8 Å². The van der Waals surface area contributed by atoms with E-state index in [1.807, 2.05) is 0 Å². The van der Waals surface area contributed by atoms with E-state index in [9.17, 15) is 8.78 Å². The fourth-order valence-electron chi connectivity index (χ4n) is 3.27. The second-order valence-electron chi connectivity index (χ2n) is 7.20. The Morgan fingerprint density at radius 2 is 1.83 bits per heavy atom. The summed E-state index contributed by atoms with van der Waals surface area (Å²) >= 11 is 0. The van der Waals surface area contributed by atoms with Crippen molar-refractivity contribution in [1.82, 2.24) is 19.7 Å². The largest absolute Gasteiger partial charge is 0.383 e. The SMILES string of the molecule is Nc1c2c(-c3ccc(F)cc3)nc(NCC3CC3)nc2nn1-c1cccc(F)c1. The second kappa shape index (κ2) is 6.80. The number of hydrogen-bond acceptors (Lipinski definition) is 5. The van der Waals surface area contributed by atoms with Gasteiger partial charge in [0.15, 0.2) is 5.65 Å². The quantitative estimate of drug-likeness (QED) is 0.533. The van der Waals surface area contributed by atoms with Crippen molar-refractivity contribution < 1.29 is 8.78 Å². The predicted molar refractivity (Wildman–Crippen MR) is 108 cm³/mol. The molecule has 0 radical (unpaired) electrons. The van der Waals surface area contributed by atoms with Crippen molar-refractivity contribution in [3.8, 4) is 16.9 Å². The smallest absolute Gasteiger partial charge is 0.225 e. The Bertz CT molecular complexity index is 1200. The number of nitrogens with two attached hydrogens (primary N) is 1. The van der Waals surface area contributed by atoms with Crippen LogP contribution < -0.4 is 11.1 Å². The molecule has 1 aliphatic rings. The van der Waals surface area contributed by atoms with Crippen molar-refractivity contribution in [1.29, 1.82) is 0 Å². The zero-order valence-corrected chi connectivity index (χ0v) is 15.4. The first kappa shape index (κ1) is 17.5. The van der Waals surface area contributed by atoms with Crippen molar-refractivity contribution in [2.75, 3.05) is 17.6 Å². The van der Waals surface area contributed by atoms with Crippen molar-refractivity contribution >= 4 is 22.8 Å². The molecule has 0 aliphatic heterocycles. The molecule has 0 spiro atoms. The van der Waals surface area contributed by atoms with E-state index < -0.39 is 5.82 Å². The topological polar surface area (TPSA) is 81.7 Å². The summed E-state index contributed by atoms with van der Waals surface area (Å²) in [4.78, 5) is 9.14. The minimum atomic E-state index is -0.391. The van der Waals surface area contributed by atoms with E-state index in [-0.39, 0.29) is 5.82 Å². The third-order valence-electron chi connectivity index (χ3n) is 4.99. The highest BCUT2D eigenvalue weighted by Gasteiger charge is 2.23. The molecule has 2 aromatic heterocycles. The normalized spacial score (nSPS) is 13.7. The van der Waals surface area contributed by atoms with Gasteiger partial charge >= 0.3 is 0 Å². The molecule has 0 unspecified atom stereocenters. The Hall–Kier alpha value is -3.55. The lowest BCUT2D eigenvalue weighted by Crippen LogP contribution is -2.07. The summed E-state index contributed by atoms with van der Waals surface area (Å²) in [6.07, 6.45) is 2.39. The van der Waals surface area contributed by atoms with Gasteiger partial charge in [-0.05, 0) is 61.2 Å². The van der Waals surface area contributed by atoms with Gasteiger partial charge in [-0.25, -0.2) is 18.4 Å². The molecule has 29 heavy (non-hydrogen) atoms. The molecule has 0 amide bonds. The summed E-state index contributed by atoms with van der Waals surface area (Å²) in [6.45, 7) is 0.786. The van der Waals surface area contributed by atoms with Gasteiger partial charge in [-0.15, -0.1) is 5.10 Å². The fraction of sp³-hybridized carbons (Fsp3) is 0.190. The number of benzene rings is 2. The van der Waals surface area contributed by atoms with Gasteiger partial charge in [0.25, 0.3) is 0 Å². The molecule has 1 fully saturated rings. The molecule has 1 aliphatic carbocycles. The Morgan fingerprint density at radius 1 is 1.03 bits per heavy atom. The zero-order chi connectivity index (χ0) is 20.0. The van der Waals surface area contributed by atoms with Crippen LogP contribution in [0.15, 0.2) is 48.5 Å². The standard InChI is InChI=1S/C21H18F2N6/c22-14-8-6-13(7-9-14)18-17-19(24)29(16-3-1-2-15(23)10-16)28-20(17)27-21(26-18)25-11-12-4-5-12/h1-3,6-10,12H,4-5,11,24H2,(H,25,27,28). The molecule has 5 rings (SSSR count). The lowest BCUT2D eigenvalue weighted by atomic mass is 10.1. The summed E-state index contributed by atoms with van der Waals surface area (Å²) in [5.41, 5.74) is 8.49. The third-order valence-corrected chi connectivity index (χ3v) is 4.99. The number of hydrogen-bond donors (Lipinski definition) is 2. The maximum Gasteiger partial charge on any atom is 0.225 e. The minimum Gasteiger partial charge on any atom is -0.383 e. The maximum absolute atomic E-state index is 13.7. The second-order valence-corrected chi connectivity index (χ2v) is 7.20. The summed E-state index contributed by atoms with van der Waals surface area (Å²) in [7, 11) is 0. The number of rotatable bonds is 5. The first-order valence-electron chi connectivity index (χ1n) is 9.40. The van der Waals surface area contributed by atoms with Crippen LogP contribution >= 0.6 is 0 Å². The van der Waals surface area contributed by atoms with Crippen LogP contribution in [0.4, 0.5) is 20.5 Å². The molecule has 8 heteroatoms. The lowest BCUT2D eigenvalue weighted by molar-refractivity contribution is 0.625. The first-order valence-corrected chi connectivity index (χ1v) is 9.40. The van der Waals surface area contributed by atoms with E-state index in [4.69, 9.17) is 5.73 Å². The van der Waals surface area contributed by atoms with Gasteiger partial charge in [0.2, 0.25) is 5.95 Å². The first-order chi connectivity index (χ1) is 14.1. The summed E-state index contributed by atoms with van der Waals surface area (Å²) in [6, 6.07) is 12.0. The maximum atomic E-state index is 13.7. The molecule has 2 aromatic carbocycles. The van der Waals surface area contributed by atoms with Crippen LogP contribution in [-0.4, -0.2) is 26.3 Å². The van der Waals surface area contributed by atoms with Crippen LogP contribution in [0.5, 0.6) is 0 Å². The van der Waals surface area contributed by atoms with Crippen molar-refractivity contribution in [2.45, 2.75) is 12.8 Å². The molecule has 2 heterocycles. The van der Waals surface area contributed by atoms with Crippen LogP contribution in [-0.2, 0) is 0 Å². The summed E-state index contributed by atoms with van der Waals surface area (Å²) in [5.74, 6) is 0.637. The highest BCUT2D eigenvalue weighted by atomic mass is 19.1. The third kappa shape index (κ3) is 3.37. The van der Waals surface area contributed by atoms with Gasteiger partial charge in [0, 0.05) is 12.1 Å². The fourth-order valence-corrected chi connectivity index (χ4v) is 3.27. The average Bonchev–Trinajstić information content (AvgIpc) is 3.49. The van der Waals surface area contributed by atoms with Gasteiger partial charge in [-0.1, -0.05) is 6.07 Å². The van der Waals surface area contributed by atoms with Crippen LogP contribution in [0.1, 0.15) is 12.8 Å². The molecule has 0 bridgehead atoms. The Balaban J connectivity index is 1.69. The highest BCUT2D eigenvalue weighted by molar-refractivity contribution is 5.99. The molecule has 146 valence electrons. The van der Waals surface area contributed by atoms with E-state index >= 15 is 0 Å². The number of anilines is 2. The lowest BCUT2D eigenvalue weighted by Gasteiger charge is -2.08. The number of nitrogens with one attached hydrogen (secondary N) is 1. The number of nitrogen functional groups attached to an aromatic ring is 1.